The maximum atomic E-state index is 12.1. The Labute approximate surface area is 146 Å². The van der Waals surface area contributed by atoms with Crippen LogP contribution in [0.25, 0.3) is 5.69 Å². The van der Waals surface area contributed by atoms with Crippen LogP contribution >= 0.6 is 0 Å². The summed E-state index contributed by atoms with van der Waals surface area (Å²) < 4.78 is 1.87. The molecule has 3 rings (SSSR count). The highest BCUT2D eigenvalue weighted by Gasteiger charge is 2.23. The van der Waals surface area contributed by atoms with Gasteiger partial charge in [-0.3, -0.25) is 4.79 Å². The van der Waals surface area contributed by atoms with E-state index in [1.165, 1.54) is 0 Å². The molecule has 1 aliphatic heterocycles. The van der Waals surface area contributed by atoms with Gasteiger partial charge in [-0.15, -0.1) is 0 Å². The molecule has 1 fully saturated rings. The fourth-order valence-electron chi connectivity index (χ4n) is 3.03. The minimum absolute atomic E-state index is 0.121. The third kappa shape index (κ3) is 3.99. The second-order valence-corrected chi connectivity index (χ2v) is 6.28. The Morgan fingerprint density at radius 1 is 1.36 bits per heavy atom. The van der Waals surface area contributed by atoms with Crippen LogP contribution < -0.4 is 16.0 Å². The van der Waals surface area contributed by atoms with E-state index < -0.39 is 6.04 Å². The van der Waals surface area contributed by atoms with Crippen LogP contribution in [0.1, 0.15) is 29.8 Å². The second-order valence-electron chi connectivity index (χ2n) is 6.28. The molecule has 0 bridgehead atoms. The number of nitrogens with zero attached hydrogens (tertiary/aromatic N) is 2. The van der Waals surface area contributed by atoms with Crippen molar-refractivity contribution in [2.75, 3.05) is 6.54 Å². The number of urea groups is 1. The molecule has 0 spiro atoms. The van der Waals surface area contributed by atoms with E-state index in [1.807, 2.05) is 48.9 Å². The fraction of sp³-hybridized carbons (Fsp3) is 0.389. The molecule has 2 heterocycles. The lowest BCUT2D eigenvalue weighted by molar-refractivity contribution is -0.124. The number of nitrogens with one attached hydrogen (secondary N) is 3. The molecule has 0 aliphatic carbocycles. The van der Waals surface area contributed by atoms with Gasteiger partial charge in [0.05, 0.1) is 11.4 Å². The summed E-state index contributed by atoms with van der Waals surface area (Å²) in [4.78, 5) is 23.8. The average molecular weight is 341 g/mol. The maximum Gasteiger partial charge on any atom is 0.315 e. The molecule has 1 aliphatic rings. The third-order valence-corrected chi connectivity index (χ3v) is 4.26. The van der Waals surface area contributed by atoms with Crippen molar-refractivity contribution in [1.82, 2.24) is 25.7 Å². The van der Waals surface area contributed by atoms with E-state index >= 15 is 0 Å². The number of carbonyl (C=O) groups excluding carboxylic acids is 2. The lowest BCUT2D eigenvalue weighted by Gasteiger charge is -2.23. The number of amides is 3. The first kappa shape index (κ1) is 17.0. The first-order valence-electron chi connectivity index (χ1n) is 8.48. The maximum absolute atomic E-state index is 12.1. The summed E-state index contributed by atoms with van der Waals surface area (Å²) in [5.41, 5.74) is 3.87. The Morgan fingerprint density at radius 2 is 2.16 bits per heavy atom. The number of carbonyl (C=O) groups is 2. The van der Waals surface area contributed by atoms with Crippen molar-refractivity contribution in [3.63, 3.8) is 0 Å². The molecule has 1 atom stereocenters. The molecular weight excluding hydrogens is 318 g/mol. The number of aromatic nitrogens is 2. The highest BCUT2D eigenvalue weighted by Crippen LogP contribution is 2.16. The van der Waals surface area contributed by atoms with Crippen molar-refractivity contribution >= 4 is 11.9 Å². The molecule has 1 saturated heterocycles. The predicted molar refractivity (Wildman–Crippen MR) is 94.4 cm³/mol. The van der Waals surface area contributed by atoms with E-state index in [9.17, 15) is 9.59 Å². The first-order chi connectivity index (χ1) is 12.0. The number of rotatable bonds is 4. The molecule has 25 heavy (non-hydrogen) atoms. The quantitative estimate of drug-likeness (QED) is 0.789. The van der Waals surface area contributed by atoms with Crippen LogP contribution in [0.2, 0.25) is 0 Å². The van der Waals surface area contributed by atoms with E-state index in [2.05, 4.69) is 21.0 Å². The van der Waals surface area contributed by atoms with Gasteiger partial charge in [-0.2, -0.15) is 5.10 Å². The molecule has 1 aromatic carbocycles. The van der Waals surface area contributed by atoms with Gasteiger partial charge in [-0.25, -0.2) is 9.48 Å². The van der Waals surface area contributed by atoms with Crippen LogP contribution in [-0.4, -0.2) is 34.3 Å². The Kier molecular flexibility index (Phi) is 5.02. The number of para-hydroxylation sites is 1. The zero-order valence-corrected chi connectivity index (χ0v) is 14.5. The van der Waals surface area contributed by atoms with Gasteiger partial charge in [0.2, 0.25) is 5.91 Å². The summed E-state index contributed by atoms with van der Waals surface area (Å²) in [7, 11) is 0. The van der Waals surface area contributed by atoms with Crippen LogP contribution in [0.4, 0.5) is 4.79 Å². The van der Waals surface area contributed by atoms with E-state index in [0.29, 0.717) is 19.5 Å². The van der Waals surface area contributed by atoms with Gasteiger partial charge in [0.25, 0.3) is 0 Å². The van der Waals surface area contributed by atoms with Crippen molar-refractivity contribution < 1.29 is 9.59 Å². The SMILES string of the molecule is Cc1cc(C)n(-c2ccccc2CNC(=O)NC2CCCNC2=O)n1. The summed E-state index contributed by atoms with van der Waals surface area (Å²) in [6.07, 6.45) is 1.54. The summed E-state index contributed by atoms with van der Waals surface area (Å²) in [6, 6.07) is 9.02. The van der Waals surface area contributed by atoms with Crippen molar-refractivity contribution in [3.8, 4) is 5.69 Å². The monoisotopic (exact) mass is 341 g/mol. The smallest absolute Gasteiger partial charge is 0.315 e. The normalized spacial score (nSPS) is 17.0. The Bertz CT molecular complexity index is 784. The summed E-state index contributed by atoms with van der Waals surface area (Å²) in [6.45, 7) is 4.98. The van der Waals surface area contributed by atoms with E-state index in [-0.39, 0.29) is 11.9 Å². The number of piperidine rings is 1. The molecular formula is C18H23N5O2. The van der Waals surface area contributed by atoms with Crippen molar-refractivity contribution in [1.29, 1.82) is 0 Å². The molecule has 3 amide bonds. The fourth-order valence-corrected chi connectivity index (χ4v) is 3.03. The zero-order chi connectivity index (χ0) is 17.8. The van der Waals surface area contributed by atoms with Crippen LogP contribution in [0.3, 0.4) is 0 Å². The van der Waals surface area contributed by atoms with Crippen molar-refractivity contribution in [2.45, 2.75) is 39.3 Å². The molecule has 1 aromatic heterocycles. The van der Waals surface area contributed by atoms with Crippen LogP contribution in [0, 0.1) is 13.8 Å². The van der Waals surface area contributed by atoms with E-state index in [1.54, 1.807) is 0 Å². The minimum atomic E-state index is -0.458. The Balaban J connectivity index is 1.66. The van der Waals surface area contributed by atoms with Gasteiger partial charge in [0.15, 0.2) is 0 Å². The number of benzene rings is 1. The average Bonchev–Trinajstić information content (AvgIpc) is 2.93. The molecule has 0 saturated carbocycles. The van der Waals surface area contributed by atoms with Gasteiger partial charge in [0.1, 0.15) is 6.04 Å². The Morgan fingerprint density at radius 3 is 2.88 bits per heavy atom. The van der Waals surface area contributed by atoms with E-state index in [0.717, 1.165) is 29.1 Å². The summed E-state index contributed by atoms with van der Waals surface area (Å²) in [5.74, 6) is -0.121. The van der Waals surface area contributed by atoms with Gasteiger partial charge >= 0.3 is 6.03 Å². The van der Waals surface area contributed by atoms with Gasteiger partial charge in [-0.05, 0) is 44.4 Å². The number of aryl methyl sites for hydroxylation is 2. The zero-order valence-electron chi connectivity index (χ0n) is 14.5. The molecule has 1 unspecified atom stereocenters. The highest BCUT2D eigenvalue weighted by atomic mass is 16.2. The van der Waals surface area contributed by atoms with Gasteiger partial charge < -0.3 is 16.0 Å². The van der Waals surface area contributed by atoms with Crippen LogP contribution in [-0.2, 0) is 11.3 Å². The molecule has 0 radical (unpaired) electrons. The molecule has 7 heteroatoms. The largest absolute Gasteiger partial charge is 0.354 e. The first-order valence-corrected chi connectivity index (χ1v) is 8.48. The number of hydrogen-bond donors (Lipinski definition) is 3. The van der Waals surface area contributed by atoms with Crippen molar-refractivity contribution in [3.05, 3.63) is 47.3 Å². The molecule has 7 nitrogen and oxygen atoms in total. The lowest BCUT2D eigenvalue weighted by atomic mass is 10.1. The molecule has 132 valence electrons. The Hall–Kier alpha value is -2.83. The van der Waals surface area contributed by atoms with Gasteiger partial charge in [-0.1, -0.05) is 18.2 Å². The predicted octanol–water partition coefficient (Wildman–Crippen LogP) is 1.57. The van der Waals surface area contributed by atoms with Crippen LogP contribution in [0.5, 0.6) is 0 Å². The van der Waals surface area contributed by atoms with Gasteiger partial charge in [0, 0.05) is 18.8 Å². The second kappa shape index (κ2) is 7.38. The van der Waals surface area contributed by atoms with E-state index in [4.69, 9.17) is 0 Å². The van der Waals surface area contributed by atoms with Crippen molar-refractivity contribution in [2.24, 2.45) is 0 Å². The lowest BCUT2D eigenvalue weighted by Crippen LogP contribution is -2.52. The molecule has 3 N–H and O–H groups in total. The van der Waals surface area contributed by atoms with Crippen LogP contribution in [0.15, 0.2) is 30.3 Å². The molecule has 2 aromatic rings. The summed E-state index contributed by atoms with van der Waals surface area (Å²) >= 11 is 0. The third-order valence-electron chi connectivity index (χ3n) is 4.26. The minimum Gasteiger partial charge on any atom is -0.354 e. The topological polar surface area (TPSA) is 88.0 Å². The number of hydrogen-bond acceptors (Lipinski definition) is 3. The standard InChI is InChI=1S/C18H23N5O2/c1-12-10-13(2)23(22-12)16-8-4-3-6-14(16)11-20-18(25)21-15-7-5-9-19-17(15)24/h3-4,6,8,10,15H,5,7,9,11H2,1-2H3,(H,19,24)(H2,20,21,25). The highest BCUT2D eigenvalue weighted by molar-refractivity contribution is 5.87. The summed E-state index contributed by atoms with van der Waals surface area (Å²) in [5, 5.41) is 12.8.